The molecule has 2 aliphatic heterocycles. The maximum absolute atomic E-state index is 12.8. The van der Waals surface area contributed by atoms with Crippen LogP contribution in [-0.2, 0) is 18.0 Å². The highest BCUT2D eigenvalue weighted by Gasteiger charge is 2.28. The lowest BCUT2D eigenvalue weighted by molar-refractivity contribution is -0.0176. The van der Waals surface area contributed by atoms with Crippen LogP contribution in [0.5, 0.6) is 17.2 Å². The minimum atomic E-state index is -0.136. The monoisotopic (exact) mass is 507 g/mol. The smallest absolute Gasteiger partial charge is 0.231 e. The van der Waals surface area contributed by atoms with Crippen LogP contribution >= 0.6 is 15.9 Å². The number of Topliss-reactive ketones (excluding diaryl/α,β-unsaturated/α-hetero) is 1. The van der Waals surface area contributed by atoms with E-state index in [1.807, 2.05) is 55.4 Å². The Morgan fingerprint density at radius 2 is 1.91 bits per heavy atom. The number of hydrogen-bond acceptors (Lipinski definition) is 6. The Balaban J connectivity index is 1.32. The van der Waals surface area contributed by atoms with Crippen LogP contribution in [0.1, 0.15) is 27.0 Å². The van der Waals surface area contributed by atoms with Crippen LogP contribution in [0.4, 0.5) is 5.69 Å². The first-order valence-corrected chi connectivity index (χ1v) is 11.3. The molecule has 3 aromatic rings. The van der Waals surface area contributed by atoms with Crippen molar-refractivity contribution in [1.29, 1.82) is 0 Å². The second-order valence-corrected chi connectivity index (χ2v) is 8.95. The zero-order valence-corrected chi connectivity index (χ0v) is 19.8. The predicted molar refractivity (Wildman–Crippen MR) is 129 cm³/mol. The number of carbonyl (C=O) groups is 1. The fourth-order valence-corrected chi connectivity index (χ4v) is 4.35. The van der Waals surface area contributed by atoms with Gasteiger partial charge in [0.1, 0.15) is 23.9 Å². The van der Waals surface area contributed by atoms with Gasteiger partial charge in [-0.1, -0.05) is 28.1 Å². The molecule has 6 nitrogen and oxygen atoms in total. The van der Waals surface area contributed by atoms with Gasteiger partial charge in [0.15, 0.2) is 12.6 Å². The zero-order chi connectivity index (χ0) is 22.9. The lowest BCUT2D eigenvalue weighted by Gasteiger charge is -2.21. The normalized spacial score (nSPS) is 15.5. The van der Waals surface area contributed by atoms with E-state index in [1.165, 1.54) is 0 Å². The minimum Gasteiger partial charge on any atom is -0.489 e. The molecule has 0 bridgehead atoms. The van der Waals surface area contributed by atoms with E-state index in [2.05, 4.69) is 15.9 Å². The summed E-state index contributed by atoms with van der Waals surface area (Å²) in [5, 5.41) is 0. The van der Waals surface area contributed by atoms with E-state index in [4.69, 9.17) is 18.9 Å². The number of hydrogen-bond donors (Lipinski definition) is 0. The Bertz CT molecular complexity index is 1250. The molecule has 168 valence electrons. The van der Waals surface area contributed by atoms with E-state index in [-0.39, 0.29) is 12.6 Å². The van der Waals surface area contributed by atoms with Crippen molar-refractivity contribution < 1.29 is 23.7 Å². The maximum Gasteiger partial charge on any atom is 0.231 e. The van der Waals surface area contributed by atoms with E-state index in [0.717, 1.165) is 32.6 Å². The molecule has 0 fully saturated rings. The number of fused-ring (bicyclic) bond motifs is 2. The van der Waals surface area contributed by atoms with Gasteiger partial charge in [-0.05, 0) is 48.0 Å². The van der Waals surface area contributed by atoms with E-state index in [0.29, 0.717) is 36.0 Å². The number of nitrogens with zero attached hydrogens (tertiary/aromatic N) is 1. The Kier molecular flexibility index (Phi) is 5.83. The summed E-state index contributed by atoms with van der Waals surface area (Å²) in [5.74, 6) is 2.06. The fraction of sp³-hybridized carbons (Fsp3) is 0.192. The number of carbonyl (C=O) groups excluding carboxylic acids is 1. The quantitative estimate of drug-likeness (QED) is 0.420. The molecule has 7 heteroatoms. The molecule has 0 atom stereocenters. The predicted octanol–water partition coefficient (Wildman–Crippen LogP) is 5.58. The van der Waals surface area contributed by atoms with Crippen LogP contribution in [-0.4, -0.2) is 26.7 Å². The average Bonchev–Trinajstić information content (AvgIpc) is 3.12. The largest absolute Gasteiger partial charge is 0.489 e. The lowest BCUT2D eigenvalue weighted by Crippen LogP contribution is -2.14. The van der Waals surface area contributed by atoms with Crippen LogP contribution in [0.2, 0.25) is 0 Å². The zero-order valence-electron chi connectivity index (χ0n) is 18.3. The second kappa shape index (κ2) is 8.92. The first kappa shape index (κ1) is 21.6. The molecule has 0 amide bonds. The topological polar surface area (TPSA) is 57.2 Å². The van der Waals surface area contributed by atoms with Gasteiger partial charge in [0.25, 0.3) is 0 Å². The van der Waals surface area contributed by atoms with Crippen molar-refractivity contribution in [2.45, 2.75) is 13.2 Å². The third-order valence-electron chi connectivity index (χ3n) is 5.49. The molecule has 0 saturated heterocycles. The van der Waals surface area contributed by atoms with Gasteiger partial charge in [0, 0.05) is 41.4 Å². The van der Waals surface area contributed by atoms with Crippen LogP contribution < -0.4 is 19.1 Å². The number of anilines is 1. The first-order chi connectivity index (χ1) is 16.0. The number of benzene rings is 3. The van der Waals surface area contributed by atoms with Gasteiger partial charge in [0.05, 0.1) is 12.2 Å². The third-order valence-corrected chi connectivity index (χ3v) is 5.95. The van der Waals surface area contributed by atoms with Crippen molar-refractivity contribution in [2.24, 2.45) is 0 Å². The minimum absolute atomic E-state index is 0.136. The third kappa shape index (κ3) is 4.47. The van der Waals surface area contributed by atoms with E-state index < -0.39 is 0 Å². The molecule has 2 heterocycles. The van der Waals surface area contributed by atoms with Crippen molar-refractivity contribution in [2.75, 3.05) is 25.8 Å². The summed E-state index contributed by atoms with van der Waals surface area (Å²) in [6, 6.07) is 17.1. The van der Waals surface area contributed by atoms with E-state index in [9.17, 15) is 4.79 Å². The first-order valence-electron chi connectivity index (χ1n) is 10.5. The molecule has 0 N–H and O–H groups in total. The van der Waals surface area contributed by atoms with Crippen molar-refractivity contribution in [3.8, 4) is 17.2 Å². The van der Waals surface area contributed by atoms with Gasteiger partial charge in [-0.25, -0.2) is 0 Å². The summed E-state index contributed by atoms with van der Waals surface area (Å²) in [4.78, 5) is 14.8. The maximum atomic E-state index is 12.8. The molecule has 0 radical (unpaired) electrons. The van der Waals surface area contributed by atoms with Crippen LogP contribution in [0, 0.1) is 0 Å². The number of rotatable bonds is 5. The molecule has 33 heavy (non-hydrogen) atoms. The van der Waals surface area contributed by atoms with Gasteiger partial charge >= 0.3 is 0 Å². The van der Waals surface area contributed by atoms with Gasteiger partial charge in [-0.3, -0.25) is 4.79 Å². The molecule has 3 aromatic carbocycles. The number of ketones is 1. The van der Waals surface area contributed by atoms with E-state index >= 15 is 0 Å². The molecule has 0 saturated carbocycles. The lowest BCUT2D eigenvalue weighted by atomic mass is 10.1. The molecule has 0 aromatic heterocycles. The highest BCUT2D eigenvalue weighted by Crippen LogP contribution is 2.36. The number of ether oxygens (including phenoxy) is 4. The molecule has 5 rings (SSSR count). The Morgan fingerprint density at radius 3 is 2.70 bits per heavy atom. The molecule has 0 spiro atoms. The molecule has 0 aliphatic carbocycles. The molecular weight excluding hydrogens is 486 g/mol. The second-order valence-electron chi connectivity index (χ2n) is 8.04. The molecule has 0 unspecified atom stereocenters. The van der Waals surface area contributed by atoms with Crippen molar-refractivity contribution >= 4 is 33.5 Å². The van der Waals surface area contributed by atoms with Gasteiger partial charge in [-0.15, -0.1) is 0 Å². The van der Waals surface area contributed by atoms with Gasteiger partial charge in [-0.2, -0.15) is 0 Å². The van der Waals surface area contributed by atoms with Gasteiger partial charge in [0.2, 0.25) is 5.78 Å². The SMILES string of the molecule is CN(C)c1ccc(/C=C2\Oc3cc(OCc4cc(Br)cc5c4OCOC5)ccc3C2=O)cc1. The van der Waals surface area contributed by atoms with Crippen molar-refractivity contribution in [1.82, 2.24) is 0 Å². The Labute approximate surface area is 200 Å². The highest BCUT2D eigenvalue weighted by molar-refractivity contribution is 9.10. The van der Waals surface area contributed by atoms with Crippen LogP contribution in [0.3, 0.4) is 0 Å². The van der Waals surface area contributed by atoms with Crippen molar-refractivity contribution in [3.05, 3.63) is 87.1 Å². The average molecular weight is 508 g/mol. The van der Waals surface area contributed by atoms with Gasteiger partial charge < -0.3 is 23.8 Å². The fourth-order valence-electron chi connectivity index (χ4n) is 3.80. The van der Waals surface area contributed by atoms with Crippen LogP contribution in [0.25, 0.3) is 6.08 Å². The summed E-state index contributed by atoms with van der Waals surface area (Å²) >= 11 is 3.53. The molecule has 2 aliphatic rings. The Hall–Kier alpha value is -3.29. The standard InChI is InChI=1S/C26H22BrNO5/c1-28(2)20-5-3-16(4-6-20)9-24-25(29)22-8-7-21(12-23(22)33-24)31-14-18-11-19(27)10-17-13-30-15-32-26(17)18/h3-12H,13-15H2,1-2H3/b24-9-. The van der Waals surface area contributed by atoms with E-state index in [1.54, 1.807) is 24.3 Å². The number of allylic oxidation sites excluding steroid dienone is 1. The summed E-state index contributed by atoms with van der Waals surface area (Å²) < 4.78 is 23.8. The Morgan fingerprint density at radius 1 is 1.09 bits per heavy atom. The summed E-state index contributed by atoms with van der Waals surface area (Å²) in [5.41, 5.74) is 4.41. The summed E-state index contributed by atoms with van der Waals surface area (Å²) in [6.07, 6.45) is 1.76. The highest BCUT2D eigenvalue weighted by atomic mass is 79.9. The summed E-state index contributed by atoms with van der Waals surface area (Å²) in [6.45, 7) is 1.04. The number of halogens is 1. The van der Waals surface area contributed by atoms with Crippen LogP contribution in [0.15, 0.2) is 64.8 Å². The molecular formula is C26H22BrNO5. The summed E-state index contributed by atoms with van der Waals surface area (Å²) in [7, 11) is 3.97. The van der Waals surface area contributed by atoms with Crippen molar-refractivity contribution in [3.63, 3.8) is 0 Å².